The Bertz CT molecular complexity index is 1130. The molecule has 0 spiro atoms. The normalized spacial score (nSPS) is 11.0. The summed E-state index contributed by atoms with van der Waals surface area (Å²) in [7, 11) is 0. The lowest BCUT2D eigenvalue weighted by Crippen LogP contribution is -2.13. The van der Waals surface area contributed by atoms with Crippen LogP contribution in [0.1, 0.15) is 10.5 Å². The fourth-order valence-electron chi connectivity index (χ4n) is 2.79. The third-order valence-corrected chi connectivity index (χ3v) is 4.66. The largest absolute Gasteiger partial charge is 0.435 e. The molecular formula is C20H13F2N3O2S. The molecule has 0 aliphatic carbocycles. The number of halogens is 2. The summed E-state index contributed by atoms with van der Waals surface area (Å²) in [5.74, 6) is -0.316. The van der Waals surface area contributed by atoms with Crippen LogP contribution in [0.15, 0.2) is 66.2 Å². The van der Waals surface area contributed by atoms with Gasteiger partial charge in [-0.25, -0.2) is 9.97 Å². The van der Waals surface area contributed by atoms with Gasteiger partial charge in [0.2, 0.25) is 0 Å². The molecule has 140 valence electrons. The average Bonchev–Trinajstić information content (AvgIpc) is 3.20. The topological polar surface area (TPSA) is 64.1 Å². The van der Waals surface area contributed by atoms with Crippen molar-refractivity contribution in [3.8, 4) is 16.9 Å². The molecule has 4 rings (SSSR count). The first-order valence-electron chi connectivity index (χ1n) is 8.26. The highest BCUT2D eigenvalue weighted by Crippen LogP contribution is 2.30. The second kappa shape index (κ2) is 7.69. The van der Waals surface area contributed by atoms with Gasteiger partial charge in [0.1, 0.15) is 11.4 Å². The first-order chi connectivity index (χ1) is 13.6. The number of para-hydroxylation sites is 1. The van der Waals surface area contributed by atoms with Crippen molar-refractivity contribution in [2.45, 2.75) is 6.61 Å². The molecule has 0 aliphatic heterocycles. The van der Waals surface area contributed by atoms with Crippen molar-refractivity contribution in [3.05, 3.63) is 71.9 Å². The number of carbonyl (C=O) groups is 1. The van der Waals surface area contributed by atoms with E-state index in [0.717, 1.165) is 5.39 Å². The molecule has 0 atom stereocenters. The Balaban J connectivity index is 1.74. The number of nitrogens with one attached hydrogen (secondary N) is 1. The second-order valence-corrected chi connectivity index (χ2v) is 6.67. The van der Waals surface area contributed by atoms with Crippen molar-refractivity contribution in [3.63, 3.8) is 0 Å². The number of rotatable bonds is 5. The first kappa shape index (κ1) is 18.0. The van der Waals surface area contributed by atoms with E-state index in [1.807, 2.05) is 18.2 Å². The van der Waals surface area contributed by atoms with Crippen molar-refractivity contribution in [1.29, 1.82) is 0 Å². The SMILES string of the molecule is O=C(Nc1nccs1)c1ccc2cccc(-c3cccc(OC(F)F)c3)c2n1. The average molecular weight is 397 g/mol. The number of alkyl halides is 2. The highest BCUT2D eigenvalue weighted by Gasteiger charge is 2.13. The zero-order valence-corrected chi connectivity index (χ0v) is 15.1. The Kier molecular flexibility index (Phi) is 4.94. The van der Waals surface area contributed by atoms with Gasteiger partial charge >= 0.3 is 6.61 Å². The minimum absolute atomic E-state index is 0.0576. The summed E-state index contributed by atoms with van der Waals surface area (Å²) in [6.07, 6.45) is 1.60. The number of anilines is 1. The number of nitrogens with zero attached hydrogens (tertiary/aromatic N) is 2. The molecule has 0 saturated heterocycles. The molecule has 2 aromatic heterocycles. The van der Waals surface area contributed by atoms with Crippen LogP contribution in [0.5, 0.6) is 5.75 Å². The summed E-state index contributed by atoms with van der Waals surface area (Å²) in [5.41, 5.74) is 2.19. The van der Waals surface area contributed by atoms with Gasteiger partial charge in [0.05, 0.1) is 5.52 Å². The Labute approximate surface area is 162 Å². The monoisotopic (exact) mass is 397 g/mol. The number of carbonyl (C=O) groups excluding carboxylic acids is 1. The van der Waals surface area contributed by atoms with Crippen LogP contribution >= 0.6 is 11.3 Å². The van der Waals surface area contributed by atoms with E-state index < -0.39 is 6.61 Å². The number of pyridine rings is 1. The summed E-state index contributed by atoms with van der Waals surface area (Å²) < 4.78 is 29.5. The molecule has 4 aromatic rings. The number of fused-ring (bicyclic) bond motifs is 1. The van der Waals surface area contributed by atoms with Crippen molar-refractivity contribution >= 4 is 33.3 Å². The van der Waals surface area contributed by atoms with Gasteiger partial charge < -0.3 is 4.74 Å². The van der Waals surface area contributed by atoms with E-state index in [0.29, 0.717) is 21.8 Å². The van der Waals surface area contributed by atoms with Crippen LogP contribution in [-0.2, 0) is 0 Å². The maximum absolute atomic E-state index is 12.5. The molecule has 0 radical (unpaired) electrons. The first-order valence-corrected chi connectivity index (χ1v) is 9.14. The molecule has 1 amide bonds. The lowest BCUT2D eigenvalue weighted by Gasteiger charge is -2.10. The quantitative estimate of drug-likeness (QED) is 0.502. The van der Waals surface area contributed by atoms with Gasteiger partial charge in [0, 0.05) is 22.5 Å². The molecule has 0 unspecified atom stereocenters. The minimum atomic E-state index is -2.90. The fourth-order valence-corrected chi connectivity index (χ4v) is 3.32. The van der Waals surface area contributed by atoms with Crippen molar-refractivity contribution < 1.29 is 18.3 Å². The summed E-state index contributed by atoms with van der Waals surface area (Å²) in [6, 6.07) is 15.3. The molecule has 0 aliphatic rings. The summed E-state index contributed by atoms with van der Waals surface area (Å²) >= 11 is 1.31. The van der Waals surface area contributed by atoms with E-state index in [4.69, 9.17) is 0 Å². The zero-order valence-electron chi connectivity index (χ0n) is 14.3. The van der Waals surface area contributed by atoms with Gasteiger partial charge in [-0.1, -0.05) is 36.4 Å². The molecule has 0 fully saturated rings. The molecule has 8 heteroatoms. The predicted molar refractivity (Wildman–Crippen MR) is 104 cm³/mol. The van der Waals surface area contributed by atoms with Gasteiger partial charge in [0.25, 0.3) is 5.91 Å². The molecule has 0 saturated carbocycles. The van der Waals surface area contributed by atoms with Crippen LogP contribution in [0.3, 0.4) is 0 Å². The van der Waals surface area contributed by atoms with E-state index in [1.54, 1.807) is 35.8 Å². The van der Waals surface area contributed by atoms with E-state index >= 15 is 0 Å². The molecule has 2 aromatic carbocycles. The van der Waals surface area contributed by atoms with E-state index in [-0.39, 0.29) is 17.4 Å². The second-order valence-electron chi connectivity index (χ2n) is 5.77. The molecule has 28 heavy (non-hydrogen) atoms. The van der Waals surface area contributed by atoms with E-state index in [1.165, 1.54) is 23.5 Å². The fraction of sp³-hybridized carbons (Fsp3) is 0.0500. The smallest absolute Gasteiger partial charge is 0.387 e. The van der Waals surface area contributed by atoms with E-state index in [2.05, 4.69) is 20.0 Å². The van der Waals surface area contributed by atoms with Crippen LogP contribution < -0.4 is 10.1 Å². The zero-order chi connectivity index (χ0) is 19.5. The number of aromatic nitrogens is 2. The van der Waals surface area contributed by atoms with Crippen LogP contribution in [0.2, 0.25) is 0 Å². The van der Waals surface area contributed by atoms with Gasteiger partial charge in [-0.05, 0) is 23.8 Å². The number of ether oxygens (including phenoxy) is 1. The highest BCUT2D eigenvalue weighted by molar-refractivity contribution is 7.13. The van der Waals surface area contributed by atoms with Crippen LogP contribution in [0, 0.1) is 0 Å². The third-order valence-electron chi connectivity index (χ3n) is 3.98. The molecular weight excluding hydrogens is 384 g/mol. The maximum Gasteiger partial charge on any atom is 0.387 e. The molecule has 0 bridgehead atoms. The Morgan fingerprint density at radius 1 is 1.11 bits per heavy atom. The summed E-state index contributed by atoms with van der Waals surface area (Å²) in [4.78, 5) is 21.0. The Morgan fingerprint density at radius 2 is 1.96 bits per heavy atom. The van der Waals surface area contributed by atoms with Gasteiger partial charge in [0.15, 0.2) is 5.13 Å². The Hall–Kier alpha value is -3.39. The third kappa shape index (κ3) is 3.81. The predicted octanol–water partition coefficient (Wildman–Crippen LogP) is 5.21. The van der Waals surface area contributed by atoms with Gasteiger partial charge in [-0.2, -0.15) is 8.78 Å². The standard InChI is InChI=1S/C20H13F2N3O2S/c21-19(22)27-14-5-1-4-13(11-14)15-6-2-3-12-7-8-16(24-17(12)15)18(26)25-20-23-9-10-28-20/h1-11,19H,(H,23,25,26). The summed E-state index contributed by atoms with van der Waals surface area (Å²) in [5, 5.41) is 5.76. The molecule has 5 nitrogen and oxygen atoms in total. The van der Waals surface area contributed by atoms with Crippen LogP contribution in [0.4, 0.5) is 13.9 Å². The summed E-state index contributed by atoms with van der Waals surface area (Å²) in [6.45, 7) is -2.90. The van der Waals surface area contributed by atoms with Gasteiger partial charge in [-0.3, -0.25) is 10.1 Å². The van der Waals surface area contributed by atoms with Crippen molar-refractivity contribution in [1.82, 2.24) is 9.97 Å². The lowest BCUT2D eigenvalue weighted by atomic mass is 10.0. The van der Waals surface area contributed by atoms with Crippen LogP contribution in [0.25, 0.3) is 22.0 Å². The number of benzene rings is 2. The van der Waals surface area contributed by atoms with Crippen molar-refractivity contribution in [2.75, 3.05) is 5.32 Å². The number of amides is 1. The number of hydrogen-bond donors (Lipinski definition) is 1. The molecule has 1 N–H and O–H groups in total. The van der Waals surface area contributed by atoms with Crippen LogP contribution in [-0.4, -0.2) is 22.5 Å². The number of thiazole rings is 1. The Morgan fingerprint density at radius 3 is 2.75 bits per heavy atom. The molecule has 2 heterocycles. The lowest BCUT2D eigenvalue weighted by molar-refractivity contribution is -0.0498. The van der Waals surface area contributed by atoms with Crippen molar-refractivity contribution in [2.24, 2.45) is 0 Å². The minimum Gasteiger partial charge on any atom is -0.435 e. The maximum atomic E-state index is 12.5. The highest BCUT2D eigenvalue weighted by atomic mass is 32.1. The van der Waals surface area contributed by atoms with E-state index in [9.17, 15) is 13.6 Å². The number of hydrogen-bond acceptors (Lipinski definition) is 5. The van der Waals surface area contributed by atoms with Gasteiger partial charge in [-0.15, -0.1) is 11.3 Å².